The fourth-order valence-corrected chi connectivity index (χ4v) is 1.26. The van der Waals surface area contributed by atoms with E-state index < -0.39 is 0 Å². The quantitative estimate of drug-likeness (QED) is 0.757. The van der Waals surface area contributed by atoms with Gasteiger partial charge in [-0.2, -0.15) is 0 Å². The molecule has 0 aliphatic carbocycles. The van der Waals surface area contributed by atoms with Crippen molar-refractivity contribution in [1.82, 2.24) is 0 Å². The summed E-state index contributed by atoms with van der Waals surface area (Å²) in [6.45, 7) is 2.95. The van der Waals surface area contributed by atoms with Crippen molar-refractivity contribution in [1.29, 1.82) is 0 Å². The van der Waals surface area contributed by atoms with Gasteiger partial charge in [0.05, 0.1) is 6.54 Å². The van der Waals surface area contributed by atoms with Crippen molar-refractivity contribution in [2.75, 3.05) is 23.7 Å². The van der Waals surface area contributed by atoms with Gasteiger partial charge in [0.25, 0.3) is 0 Å². The van der Waals surface area contributed by atoms with Gasteiger partial charge in [-0.25, -0.2) is 0 Å². The molecule has 0 bridgehead atoms. The zero-order chi connectivity index (χ0) is 10.6. The number of rotatable bonds is 4. The average Bonchev–Trinajstić information content (AvgIpc) is 2.15. The first-order chi connectivity index (χ1) is 6.63. The maximum atomic E-state index is 10.8. The van der Waals surface area contributed by atoms with Crippen molar-refractivity contribution >= 4 is 29.7 Å². The Bertz CT molecular complexity index is 313. The van der Waals surface area contributed by atoms with Crippen LogP contribution in [0.15, 0.2) is 24.3 Å². The summed E-state index contributed by atoms with van der Waals surface area (Å²) in [6.07, 6.45) is 0. The lowest BCUT2D eigenvalue weighted by Gasteiger charge is -2.21. The van der Waals surface area contributed by atoms with Crippen LogP contribution in [0.25, 0.3) is 0 Å². The highest BCUT2D eigenvalue weighted by atomic mass is 35.5. The number of halogens is 1. The summed E-state index contributed by atoms with van der Waals surface area (Å²) in [5, 5.41) is 0. The highest BCUT2D eigenvalue weighted by Crippen LogP contribution is 2.15. The van der Waals surface area contributed by atoms with Crippen molar-refractivity contribution in [3.8, 4) is 0 Å². The van der Waals surface area contributed by atoms with Gasteiger partial charge in [-0.15, -0.1) is 12.4 Å². The SMILES string of the molecule is CCN(CC(N)=O)c1ccc(N)cc1.Cl. The van der Waals surface area contributed by atoms with Gasteiger partial charge >= 0.3 is 0 Å². The maximum absolute atomic E-state index is 10.8. The molecule has 4 nitrogen and oxygen atoms in total. The fourth-order valence-electron chi connectivity index (χ4n) is 1.26. The van der Waals surface area contributed by atoms with E-state index in [0.717, 1.165) is 12.2 Å². The first-order valence-corrected chi connectivity index (χ1v) is 4.52. The van der Waals surface area contributed by atoms with E-state index in [9.17, 15) is 4.79 Å². The van der Waals surface area contributed by atoms with Gasteiger partial charge < -0.3 is 16.4 Å². The number of hydrogen-bond acceptors (Lipinski definition) is 3. The van der Waals surface area contributed by atoms with Crippen molar-refractivity contribution in [3.63, 3.8) is 0 Å². The predicted octanol–water partition coefficient (Wildman–Crippen LogP) is 1.00. The van der Waals surface area contributed by atoms with Gasteiger partial charge in [0.1, 0.15) is 0 Å². The van der Waals surface area contributed by atoms with Crippen molar-refractivity contribution < 1.29 is 4.79 Å². The number of nitrogens with zero attached hydrogens (tertiary/aromatic N) is 1. The van der Waals surface area contributed by atoms with Gasteiger partial charge in [0.15, 0.2) is 0 Å². The molecular weight excluding hydrogens is 214 g/mol. The van der Waals surface area contributed by atoms with E-state index in [-0.39, 0.29) is 24.9 Å². The summed E-state index contributed by atoms with van der Waals surface area (Å²) in [5.74, 6) is -0.330. The Kier molecular flexibility index (Phi) is 5.56. The Labute approximate surface area is 95.6 Å². The number of hydrogen-bond donors (Lipinski definition) is 2. The third-order valence-corrected chi connectivity index (χ3v) is 1.99. The number of carbonyl (C=O) groups excluding carboxylic acids is 1. The summed E-state index contributed by atoms with van der Waals surface area (Å²) < 4.78 is 0. The molecule has 1 aromatic carbocycles. The van der Waals surface area contributed by atoms with Gasteiger partial charge in [-0.3, -0.25) is 4.79 Å². The van der Waals surface area contributed by atoms with E-state index in [2.05, 4.69) is 0 Å². The van der Waals surface area contributed by atoms with Gasteiger partial charge in [-0.05, 0) is 31.2 Å². The molecule has 0 heterocycles. The van der Waals surface area contributed by atoms with E-state index in [1.165, 1.54) is 0 Å². The molecule has 0 saturated heterocycles. The molecule has 84 valence electrons. The fraction of sp³-hybridized carbons (Fsp3) is 0.300. The van der Waals surface area contributed by atoms with Crippen LogP contribution >= 0.6 is 12.4 Å². The van der Waals surface area contributed by atoms with E-state index >= 15 is 0 Å². The molecule has 1 amide bonds. The molecule has 0 unspecified atom stereocenters. The lowest BCUT2D eigenvalue weighted by molar-refractivity contribution is -0.116. The summed E-state index contributed by atoms with van der Waals surface area (Å²) in [5.41, 5.74) is 12.4. The minimum Gasteiger partial charge on any atom is -0.399 e. The van der Waals surface area contributed by atoms with E-state index in [1.807, 2.05) is 24.0 Å². The molecule has 0 fully saturated rings. The predicted molar refractivity (Wildman–Crippen MR) is 65.2 cm³/mol. The third kappa shape index (κ3) is 4.08. The number of amides is 1. The van der Waals surface area contributed by atoms with Crippen molar-refractivity contribution in [2.45, 2.75) is 6.92 Å². The number of benzene rings is 1. The van der Waals surface area contributed by atoms with Crippen LogP contribution in [-0.4, -0.2) is 19.0 Å². The van der Waals surface area contributed by atoms with Gasteiger partial charge in [0, 0.05) is 17.9 Å². The molecule has 0 aliphatic rings. The molecule has 0 spiro atoms. The first kappa shape index (κ1) is 13.6. The molecule has 4 N–H and O–H groups in total. The lowest BCUT2D eigenvalue weighted by Crippen LogP contribution is -2.33. The number of nitrogen functional groups attached to an aromatic ring is 1. The molecule has 5 heteroatoms. The van der Waals surface area contributed by atoms with E-state index in [0.29, 0.717) is 5.69 Å². The number of primary amides is 1. The maximum Gasteiger partial charge on any atom is 0.236 e. The Morgan fingerprint density at radius 2 is 1.87 bits per heavy atom. The topological polar surface area (TPSA) is 72.3 Å². The second-order valence-electron chi connectivity index (χ2n) is 3.07. The zero-order valence-electron chi connectivity index (χ0n) is 8.64. The molecule has 0 aliphatic heterocycles. The van der Waals surface area contributed by atoms with Crippen molar-refractivity contribution in [2.24, 2.45) is 5.73 Å². The van der Waals surface area contributed by atoms with Crippen LogP contribution in [-0.2, 0) is 4.79 Å². The molecule has 1 aromatic rings. The molecule has 1 rings (SSSR count). The summed E-state index contributed by atoms with van der Waals surface area (Å²) in [6, 6.07) is 7.36. The van der Waals surface area contributed by atoms with Crippen LogP contribution < -0.4 is 16.4 Å². The number of carbonyl (C=O) groups is 1. The summed E-state index contributed by atoms with van der Waals surface area (Å²) >= 11 is 0. The van der Waals surface area contributed by atoms with Crippen LogP contribution in [0.2, 0.25) is 0 Å². The average molecular weight is 230 g/mol. The highest BCUT2D eigenvalue weighted by molar-refractivity contribution is 5.85. The van der Waals surface area contributed by atoms with Gasteiger partial charge in [-0.1, -0.05) is 0 Å². The standard InChI is InChI=1S/C10H15N3O.ClH/c1-2-13(7-10(12)14)9-5-3-8(11)4-6-9;/h3-6H,2,7,11H2,1H3,(H2,12,14);1H. The van der Waals surface area contributed by atoms with E-state index in [4.69, 9.17) is 11.5 Å². The van der Waals surface area contributed by atoms with Crippen LogP contribution in [0, 0.1) is 0 Å². The van der Waals surface area contributed by atoms with Crippen LogP contribution in [0.3, 0.4) is 0 Å². The summed E-state index contributed by atoms with van der Waals surface area (Å²) in [4.78, 5) is 12.7. The monoisotopic (exact) mass is 229 g/mol. The molecule has 15 heavy (non-hydrogen) atoms. The Balaban J connectivity index is 0.00000196. The smallest absolute Gasteiger partial charge is 0.236 e. The van der Waals surface area contributed by atoms with Crippen molar-refractivity contribution in [3.05, 3.63) is 24.3 Å². The van der Waals surface area contributed by atoms with Crippen LogP contribution in [0.4, 0.5) is 11.4 Å². The third-order valence-electron chi connectivity index (χ3n) is 1.99. The lowest BCUT2D eigenvalue weighted by atomic mass is 10.2. The normalized spacial score (nSPS) is 9.13. The summed E-state index contributed by atoms with van der Waals surface area (Å²) in [7, 11) is 0. The van der Waals surface area contributed by atoms with Crippen LogP contribution in [0.5, 0.6) is 0 Å². The largest absolute Gasteiger partial charge is 0.399 e. The minimum absolute atomic E-state index is 0. The highest BCUT2D eigenvalue weighted by Gasteiger charge is 2.06. The number of nitrogens with two attached hydrogens (primary N) is 2. The molecule has 0 aromatic heterocycles. The second kappa shape index (κ2) is 6.14. The second-order valence-corrected chi connectivity index (χ2v) is 3.07. The molecular formula is C10H16ClN3O. The molecule has 0 atom stereocenters. The molecule has 0 radical (unpaired) electrons. The Morgan fingerprint density at radius 3 is 2.27 bits per heavy atom. The van der Waals surface area contributed by atoms with Gasteiger partial charge in [0.2, 0.25) is 5.91 Å². The Morgan fingerprint density at radius 1 is 1.33 bits per heavy atom. The van der Waals surface area contributed by atoms with Crippen LogP contribution in [0.1, 0.15) is 6.92 Å². The van der Waals surface area contributed by atoms with E-state index in [1.54, 1.807) is 12.1 Å². The zero-order valence-corrected chi connectivity index (χ0v) is 9.46. The minimum atomic E-state index is -0.330. The number of anilines is 2. The number of likely N-dealkylation sites (N-methyl/N-ethyl adjacent to an activating group) is 1. The molecule has 0 saturated carbocycles. The first-order valence-electron chi connectivity index (χ1n) is 4.52. The Hall–Kier alpha value is -1.42.